The normalized spacial score (nSPS) is 15.4. The molecule has 8 nitrogen and oxygen atoms in total. The number of piperidine rings is 1. The van der Waals surface area contributed by atoms with Gasteiger partial charge in [0.25, 0.3) is 0 Å². The van der Waals surface area contributed by atoms with Crippen LogP contribution in [0.25, 0.3) is 0 Å². The third-order valence-corrected chi connectivity index (χ3v) is 6.12. The summed E-state index contributed by atoms with van der Waals surface area (Å²) in [5, 5.41) is 12.2. The summed E-state index contributed by atoms with van der Waals surface area (Å²) in [5.41, 5.74) is 2.00. The maximum absolute atomic E-state index is 12.9. The topological polar surface area (TPSA) is 82.4 Å². The zero-order chi connectivity index (χ0) is 22.3. The molecular formula is C23H26ClN5O3. The number of carbonyl (C=O) groups is 1. The molecule has 3 aromatic rings. The summed E-state index contributed by atoms with van der Waals surface area (Å²) in [7, 11) is 1.67. The summed E-state index contributed by atoms with van der Waals surface area (Å²) < 4.78 is 11.1. The fourth-order valence-corrected chi connectivity index (χ4v) is 4.22. The Balaban J connectivity index is 1.35. The van der Waals surface area contributed by atoms with Crippen LogP contribution < -0.4 is 4.74 Å². The van der Waals surface area contributed by atoms with Crippen molar-refractivity contribution in [2.45, 2.75) is 31.9 Å². The molecule has 32 heavy (non-hydrogen) atoms. The zero-order valence-electron chi connectivity index (χ0n) is 17.9. The molecule has 0 N–H and O–H groups in total. The monoisotopic (exact) mass is 455 g/mol. The maximum Gasteiger partial charge on any atom is 0.410 e. The van der Waals surface area contributed by atoms with E-state index in [0.717, 1.165) is 25.0 Å². The molecule has 1 aromatic heterocycles. The molecule has 1 aliphatic heterocycles. The lowest BCUT2D eigenvalue weighted by molar-refractivity contribution is 0.0420. The highest BCUT2D eigenvalue weighted by Crippen LogP contribution is 2.29. The molecule has 0 bridgehead atoms. The van der Waals surface area contributed by atoms with E-state index < -0.39 is 6.10 Å². The summed E-state index contributed by atoms with van der Waals surface area (Å²) in [5.74, 6) is 1.40. The Labute approximate surface area is 192 Å². The molecule has 168 valence electrons. The number of carbonyl (C=O) groups excluding carboxylic acids is 1. The first-order chi connectivity index (χ1) is 15.6. The molecule has 1 saturated heterocycles. The van der Waals surface area contributed by atoms with Gasteiger partial charge in [-0.2, -0.15) is 4.80 Å². The second kappa shape index (κ2) is 10.5. The van der Waals surface area contributed by atoms with Crippen molar-refractivity contribution in [2.24, 2.45) is 5.92 Å². The summed E-state index contributed by atoms with van der Waals surface area (Å²) in [6.45, 7) is 1.57. The van der Waals surface area contributed by atoms with Gasteiger partial charge in [0.1, 0.15) is 12.3 Å². The second-order valence-corrected chi connectivity index (χ2v) is 8.27. The number of hydrogen-bond acceptors (Lipinski definition) is 6. The summed E-state index contributed by atoms with van der Waals surface area (Å²) in [6, 6.07) is 15.5. The van der Waals surface area contributed by atoms with Crippen LogP contribution in [0.15, 0.2) is 54.9 Å². The molecule has 1 fully saturated rings. The smallest absolute Gasteiger partial charge is 0.410 e. The number of tetrazole rings is 1. The van der Waals surface area contributed by atoms with Gasteiger partial charge in [-0.25, -0.2) is 4.79 Å². The standard InChI is InChI=1S/C23H26ClN5O3/c1-31-19-8-6-17(7-9-19)14-18-10-12-28(13-11-18)23(30)32-22(15-29-26-16-25-27-29)20-4-2-3-5-21(20)24/h2-9,16,18,22H,10-15H2,1H3. The Bertz CT molecular complexity index is 1000. The number of aromatic nitrogens is 4. The number of hydrogen-bond donors (Lipinski definition) is 0. The minimum atomic E-state index is -0.609. The molecule has 1 aliphatic rings. The fraction of sp³-hybridized carbons (Fsp3) is 0.391. The first-order valence-electron chi connectivity index (χ1n) is 10.7. The van der Waals surface area contributed by atoms with E-state index in [2.05, 4.69) is 27.5 Å². The number of amides is 1. The van der Waals surface area contributed by atoms with E-state index in [-0.39, 0.29) is 12.6 Å². The molecular weight excluding hydrogens is 430 g/mol. The molecule has 0 aliphatic carbocycles. The fourth-order valence-electron chi connectivity index (χ4n) is 3.97. The van der Waals surface area contributed by atoms with Gasteiger partial charge in [0, 0.05) is 23.7 Å². The van der Waals surface area contributed by atoms with Crippen molar-refractivity contribution in [3.8, 4) is 5.75 Å². The van der Waals surface area contributed by atoms with Crippen LogP contribution in [-0.2, 0) is 17.7 Å². The van der Waals surface area contributed by atoms with Crippen LogP contribution in [0, 0.1) is 5.92 Å². The number of benzene rings is 2. The molecule has 9 heteroatoms. The van der Waals surface area contributed by atoms with Crippen molar-refractivity contribution in [3.05, 3.63) is 71.0 Å². The quantitative estimate of drug-likeness (QED) is 0.531. The highest BCUT2D eigenvalue weighted by molar-refractivity contribution is 6.31. The predicted molar refractivity (Wildman–Crippen MR) is 119 cm³/mol. The zero-order valence-corrected chi connectivity index (χ0v) is 18.7. The van der Waals surface area contributed by atoms with Gasteiger partial charge in [-0.3, -0.25) is 0 Å². The van der Waals surface area contributed by atoms with Crippen molar-refractivity contribution in [2.75, 3.05) is 20.2 Å². The van der Waals surface area contributed by atoms with Gasteiger partial charge in [-0.05, 0) is 54.2 Å². The molecule has 4 rings (SSSR count). The van der Waals surface area contributed by atoms with E-state index >= 15 is 0 Å². The highest BCUT2D eigenvalue weighted by atomic mass is 35.5. The van der Waals surface area contributed by atoms with Crippen molar-refractivity contribution in [1.82, 2.24) is 25.1 Å². The molecule has 1 atom stereocenters. The van der Waals surface area contributed by atoms with Gasteiger partial charge in [-0.15, -0.1) is 10.2 Å². The van der Waals surface area contributed by atoms with Crippen LogP contribution in [0.1, 0.15) is 30.1 Å². The Hall–Kier alpha value is -3.13. The molecule has 0 saturated carbocycles. The van der Waals surface area contributed by atoms with Crippen LogP contribution in [0.4, 0.5) is 4.79 Å². The van der Waals surface area contributed by atoms with Crippen molar-refractivity contribution < 1.29 is 14.3 Å². The Morgan fingerprint density at radius 1 is 1.16 bits per heavy atom. The number of halogens is 1. The number of nitrogens with zero attached hydrogens (tertiary/aromatic N) is 5. The van der Waals surface area contributed by atoms with E-state index in [1.807, 2.05) is 30.3 Å². The van der Waals surface area contributed by atoms with Crippen molar-refractivity contribution >= 4 is 17.7 Å². The first kappa shape index (κ1) is 22.1. The van der Waals surface area contributed by atoms with Crippen LogP contribution in [0.3, 0.4) is 0 Å². The van der Waals surface area contributed by atoms with Crippen LogP contribution in [-0.4, -0.2) is 51.4 Å². The highest BCUT2D eigenvalue weighted by Gasteiger charge is 2.28. The molecule has 1 unspecified atom stereocenters. The van der Waals surface area contributed by atoms with Gasteiger partial charge in [0.15, 0.2) is 12.4 Å². The lowest BCUT2D eigenvalue weighted by Crippen LogP contribution is -2.40. The number of rotatable bonds is 7. The van der Waals surface area contributed by atoms with Crippen LogP contribution in [0.5, 0.6) is 5.75 Å². The Morgan fingerprint density at radius 3 is 2.56 bits per heavy atom. The van der Waals surface area contributed by atoms with Crippen molar-refractivity contribution in [1.29, 1.82) is 0 Å². The van der Waals surface area contributed by atoms with Gasteiger partial charge in [-0.1, -0.05) is 41.9 Å². The third kappa shape index (κ3) is 5.56. The average Bonchev–Trinajstić information content (AvgIpc) is 3.33. The largest absolute Gasteiger partial charge is 0.497 e. The second-order valence-electron chi connectivity index (χ2n) is 7.87. The summed E-state index contributed by atoms with van der Waals surface area (Å²) in [4.78, 5) is 16.1. The van der Waals surface area contributed by atoms with E-state index in [4.69, 9.17) is 21.1 Å². The summed E-state index contributed by atoms with van der Waals surface area (Å²) >= 11 is 6.37. The van der Waals surface area contributed by atoms with Gasteiger partial charge < -0.3 is 14.4 Å². The summed E-state index contributed by atoms with van der Waals surface area (Å²) in [6.07, 6.45) is 3.25. The van der Waals surface area contributed by atoms with Gasteiger partial charge in [0.2, 0.25) is 0 Å². The van der Waals surface area contributed by atoms with Gasteiger partial charge in [0.05, 0.1) is 7.11 Å². The first-order valence-corrected chi connectivity index (χ1v) is 11.0. The SMILES string of the molecule is COc1ccc(CC2CCN(C(=O)OC(Cn3ncnn3)c3ccccc3Cl)CC2)cc1. The third-order valence-electron chi connectivity index (χ3n) is 5.77. The van der Waals surface area contributed by atoms with Crippen LogP contribution in [0.2, 0.25) is 5.02 Å². The Kier molecular flexibility index (Phi) is 7.21. The van der Waals surface area contributed by atoms with E-state index in [0.29, 0.717) is 29.6 Å². The van der Waals surface area contributed by atoms with Crippen molar-refractivity contribution in [3.63, 3.8) is 0 Å². The molecule has 1 amide bonds. The molecule has 0 spiro atoms. The number of methoxy groups -OCH3 is 1. The van der Waals surface area contributed by atoms with Gasteiger partial charge >= 0.3 is 6.09 Å². The minimum Gasteiger partial charge on any atom is -0.497 e. The molecule has 2 heterocycles. The lowest BCUT2D eigenvalue weighted by Gasteiger charge is -2.32. The molecule has 0 radical (unpaired) electrons. The maximum atomic E-state index is 12.9. The molecule has 2 aromatic carbocycles. The van der Waals surface area contributed by atoms with E-state index in [1.165, 1.54) is 16.7 Å². The van der Waals surface area contributed by atoms with Crippen LogP contribution >= 0.6 is 11.6 Å². The van der Waals surface area contributed by atoms with E-state index in [1.54, 1.807) is 18.1 Å². The predicted octanol–water partition coefficient (Wildman–Crippen LogP) is 4.17. The minimum absolute atomic E-state index is 0.239. The van der Waals surface area contributed by atoms with E-state index in [9.17, 15) is 4.79 Å². The Morgan fingerprint density at radius 2 is 1.91 bits per heavy atom. The number of likely N-dealkylation sites (tertiary alicyclic amines) is 1. The average molecular weight is 456 g/mol. The lowest BCUT2D eigenvalue weighted by atomic mass is 9.90. The number of ether oxygens (including phenoxy) is 2.